The molecule has 0 atom stereocenters. The van der Waals surface area contributed by atoms with Crippen LogP contribution in [0.3, 0.4) is 0 Å². The van der Waals surface area contributed by atoms with Gasteiger partial charge in [-0.2, -0.15) is 0 Å². The van der Waals surface area contributed by atoms with Gasteiger partial charge >= 0.3 is 0 Å². The van der Waals surface area contributed by atoms with Crippen molar-refractivity contribution in [3.05, 3.63) is 58.6 Å². The average molecular weight is 266 g/mol. The van der Waals surface area contributed by atoms with Crippen LogP contribution in [0, 0.1) is 5.82 Å². The Morgan fingerprint density at radius 2 is 2.17 bits per heavy atom. The molecule has 2 aromatic rings. The summed E-state index contributed by atoms with van der Waals surface area (Å²) in [6.45, 7) is 0. The second kappa shape index (κ2) is 5.14. The highest BCUT2D eigenvalue weighted by Crippen LogP contribution is 2.21. The van der Waals surface area contributed by atoms with Crippen LogP contribution in [0.5, 0.6) is 5.75 Å². The lowest BCUT2D eigenvalue weighted by Gasteiger charge is -2.05. The van der Waals surface area contributed by atoms with Gasteiger partial charge in [0.25, 0.3) is 0 Å². The number of hydrogen-bond acceptors (Lipinski definition) is 3. The van der Waals surface area contributed by atoms with Gasteiger partial charge in [0.2, 0.25) is 0 Å². The summed E-state index contributed by atoms with van der Waals surface area (Å²) < 4.78 is 18.7. The molecule has 92 valence electrons. The second-order valence-corrected chi connectivity index (χ2v) is 3.95. The molecule has 0 saturated carbocycles. The third kappa shape index (κ3) is 2.33. The van der Waals surface area contributed by atoms with E-state index in [-0.39, 0.29) is 16.1 Å². The molecule has 18 heavy (non-hydrogen) atoms. The lowest BCUT2D eigenvalue weighted by molar-refractivity contribution is 0.103. The zero-order valence-electron chi connectivity index (χ0n) is 9.48. The van der Waals surface area contributed by atoms with Gasteiger partial charge in [0.05, 0.1) is 23.9 Å². The van der Waals surface area contributed by atoms with E-state index in [9.17, 15) is 9.18 Å². The molecule has 0 unspecified atom stereocenters. The molecule has 0 fully saturated rings. The number of aromatic nitrogens is 1. The van der Waals surface area contributed by atoms with E-state index < -0.39 is 11.6 Å². The zero-order chi connectivity index (χ0) is 13.1. The van der Waals surface area contributed by atoms with Gasteiger partial charge in [0.1, 0.15) is 5.75 Å². The molecule has 0 aliphatic carbocycles. The summed E-state index contributed by atoms with van der Waals surface area (Å²) in [6.07, 6.45) is 2.82. The minimum Gasteiger partial charge on any atom is -0.495 e. The number of nitrogens with zero attached hydrogens (tertiary/aromatic N) is 1. The number of ketones is 1. The smallest absolute Gasteiger partial charge is 0.197 e. The van der Waals surface area contributed by atoms with E-state index >= 15 is 0 Å². The second-order valence-electron chi connectivity index (χ2n) is 3.54. The number of benzene rings is 1. The van der Waals surface area contributed by atoms with Gasteiger partial charge in [-0.15, -0.1) is 0 Å². The van der Waals surface area contributed by atoms with Crippen molar-refractivity contribution < 1.29 is 13.9 Å². The average Bonchev–Trinajstić information content (AvgIpc) is 2.41. The van der Waals surface area contributed by atoms with Gasteiger partial charge in [0, 0.05) is 11.8 Å². The number of pyridine rings is 1. The van der Waals surface area contributed by atoms with Crippen molar-refractivity contribution in [2.24, 2.45) is 0 Å². The van der Waals surface area contributed by atoms with Gasteiger partial charge in [-0.25, -0.2) is 4.39 Å². The number of hydrogen-bond donors (Lipinski definition) is 0. The van der Waals surface area contributed by atoms with Crippen LogP contribution in [0.15, 0.2) is 36.7 Å². The first-order chi connectivity index (χ1) is 8.63. The summed E-state index contributed by atoms with van der Waals surface area (Å²) in [5, 5.41) is -0.0864. The fraction of sp³-hybridized carbons (Fsp3) is 0.0769. The minimum atomic E-state index is -0.730. The minimum absolute atomic E-state index is 0.0856. The third-order valence-corrected chi connectivity index (χ3v) is 2.70. The maximum absolute atomic E-state index is 13.7. The van der Waals surface area contributed by atoms with Crippen LogP contribution in [0.2, 0.25) is 5.02 Å². The van der Waals surface area contributed by atoms with Crippen LogP contribution in [0.25, 0.3) is 0 Å². The Hall–Kier alpha value is -1.94. The molecule has 0 bridgehead atoms. The number of rotatable bonds is 3. The van der Waals surface area contributed by atoms with E-state index in [0.717, 1.165) is 0 Å². The van der Waals surface area contributed by atoms with Crippen molar-refractivity contribution in [1.82, 2.24) is 4.98 Å². The lowest BCUT2D eigenvalue weighted by Crippen LogP contribution is -2.05. The van der Waals surface area contributed by atoms with E-state index in [1.165, 1.54) is 43.8 Å². The monoisotopic (exact) mass is 265 g/mol. The standard InChI is InChI=1S/C13H9ClFNO2/c1-18-9-5-8(6-16-7-9)13(17)10-3-2-4-11(14)12(10)15/h2-7H,1H3. The highest BCUT2D eigenvalue weighted by Gasteiger charge is 2.16. The van der Waals surface area contributed by atoms with Crippen molar-refractivity contribution in [3.63, 3.8) is 0 Å². The summed E-state index contributed by atoms with van der Waals surface area (Å²) >= 11 is 5.64. The largest absolute Gasteiger partial charge is 0.495 e. The van der Waals surface area contributed by atoms with Gasteiger partial charge in [-0.3, -0.25) is 9.78 Å². The van der Waals surface area contributed by atoms with Crippen molar-refractivity contribution in [2.75, 3.05) is 7.11 Å². The molecule has 5 heteroatoms. The molecule has 0 N–H and O–H groups in total. The molecule has 1 aromatic heterocycles. The number of halogens is 2. The Bertz CT molecular complexity index is 601. The molecule has 2 rings (SSSR count). The molecule has 0 aliphatic heterocycles. The molecule has 0 radical (unpaired) electrons. The lowest BCUT2D eigenvalue weighted by atomic mass is 10.0. The maximum atomic E-state index is 13.7. The van der Waals surface area contributed by atoms with Crippen LogP contribution in [-0.2, 0) is 0 Å². The number of ether oxygens (including phenoxy) is 1. The van der Waals surface area contributed by atoms with Crippen LogP contribution in [0.1, 0.15) is 15.9 Å². The molecule has 0 aliphatic rings. The highest BCUT2D eigenvalue weighted by atomic mass is 35.5. The van der Waals surface area contributed by atoms with E-state index in [1.807, 2.05) is 0 Å². The fourth-order valence-electron chi connectivity index (χ4n) is 1.49. The Labute approximate surface area is 108 Å². The predicted octanol–water partition coefficient (Wildman–Crippen LogP) is 3.11. The van der Waals surface area contributed by atoms with Gasteiger partial charge < -0.3 is 4.74 Å². The maximum Gasteiger partial charge on any atom is 0.197 e. The molecule has 0 spiro atoms. The molecule has 1 heterocycles. The first-order valence-corrected chi connectivity index (χ1v) is 5.49. The summed E-state index contributed by atoms with van der Waals surface area (Å²) in [7, 11) is 1.46. The molecule has 0 saturated heterocycles. The van der Waals surface area contributed by atoms with Crippen LogP contribution in [-0.4, -0.2) is 17.9 Å². The Morgan fingerprint density at radius 1 is 1.39 bits per heavy atom. The summed E-state index contributed by atoms with van der Waals surface area (Å²) in [5.74, 6) is -0.781. The molecule has 1 aromatic carbocycles. The fourth-order valence-corrected chi connectivity index (χ4v) is 1.66. The van der Waals surface area contributed by atoms with Gasteiger partial charge in [0.15, 0.2) is 11.6 Å². The molecule has 3 nitrogen and oxygen atoms in total. The first-order valence-electron chi connectivity index (χ1n) is 5.11. The summed E-state index contributed by atoms with van der Waals surface area (Å²) in [4.78, 5) is 15.9. The zero-order valence-corrected chi connectivity index (χ0v) is 10.2. The Kier molecular flexibility index (Phi) is 3.58. The number of carbonyl (C=O) groups is 1. The SMILES string of the molecule is COc1cncc(C(=O)c2cccc(Cl)c2F)c1. The van der Waals surface area contributed by atoms with Crippen molar-refractivity contribution in [1.29, 1.82) is 0 Å². The van der Waals surface area contributed by atoms with Crippen molar-refractivity contribution >= 4 is 17.4 Å². The Balaban J connectivity index is 2.44. The van der Waals surface area contributed by atoms with Crippen molar-refractivity contribution in [3.8, 4) is 5.75 Å². The quantitative estimate of drug-likeness (QED) is 0.801. The predicted molar refractivity (Wildman–Crippen MR) is 65.6 cm³/mol. The molecule has 0 amide bonds. The summed E-state index contributed by atoms with van der Waals surface area (Å²) in [5.41, 5.74) is 0.160. The Morgan fingerprint density at radius 3 is 2.89 bits per heavy atom. The first kappa shape index (κ1) is 12.5. The number of carbonyl (C=O) groups excluding carboxylic acids is 1. The van der Waals surface area contributed by atoms with E-state index in [0.29, 0.717) is 5.75 Å². The van der Waals surface area contributed by atoms with Crippen LogP contribution >= 0.6 is 11.6 Å². The molecular weight excluding hydrogens is 257 g/mol. The van der Waals surface area contributed by atoms with Gasteiger partial charge in [-0.1, -0.05) is 17.7 Å². The third-order valence-electron chi connectivity index (χ3n) is 2.41. The van der Waals surface area contributed by atoms with E-state index in [1.54, 1.807) is 0 Å². The molecular formula is C13H9ClFNO2. The summed E-state index contributed by atoms with van der Waals surface area (Å²) in [6, 6.07) is 5.78. The van der Waals surface area contributed by atoms with Crippen LogP contribution < -0.4 is 4.74 Å². The van der Waals surface area contributed by atoms with E-state index in [4.69, 9.17) is 16.3 Å². The topological polar surface area (TPSA) is 39.2 Å². The number of methoxy groups -OCH3 is 1. The van der Waals surface area contributed by atoms with Crippen molar-refractivity contribution in [2.45, 2.75) is 0 Å². The normalized spacial score (nSPS) is 10.2. The highest BCUT2D eigenvalue weighted by molar-refractivity contribution is 6.31. The van der Waals surface area contributed by atoms with Crippen LogP contribution in [0.4, 0.5) is 4.39 Å². The van der Waals surface area contributed by atoms with E-state index in [2.05, 4.69) is 4.98 Å². The van der Waals surface area contributed by atoms with Gasteiger partial charge in [-0.05, 0) is 18.2 Å².